The van der Waals surface area contributed by atoms with Crippen LogP contribution in [0.25, 0.3) is 0 Å². The highest BCUT2D eigenvalue weighted by Gasteiger charge is 2.26. The van der Waals surface area contributed by atoms with Crippen molar-refractivity contribution in [2.45, 2.75) is 43.5 Å². The van der Waals surface area contributed by atoms with Gasteiger partial charge in [0.25, 0.3) is 0 Å². The molecular formula is C16H24N2O2S. The summed E-state index contributed by atoms with van der Waals surface area (Å²) in [4.78, 5) is 12.1. The van der Waals surface area contributed by atoms with Crippen molar-refractivity contribution < 1.29 is 9.90 Å². The number of hydrogen-bond donors (Lipinski definition) is 3. The van der Waals surface area contributed by atoms with Gasteiger partial charge < -0.3 is 15.7 Å². The Morgan fingerprint density at radius 2 is 2.14 bits per heavy atom. The Labute approximate surface area is 130 Å². The number of thioether (sulfide) groups is 1. The van der Waals surface area contributed by atoms with Crippen LogP contribution in [-0.4, -0.2) is 34.8 Å². The Kier molecular flexibility index (Phi) is 6.39. The van der Waals surface area contributed by atoms with Crippen molar-refractivity contribution in [3.63, 3.8) is 0 Å². The van der Waals surface area contributed by atoms with Crippen molar-refractivity contribution in [2.75, 3.05) is 12.4 Å². The van der Waals surface area contributed by atoms with Gasteiger partial charge in [-0.25, -0.2) is 4.79 Å². The Balaban J connectivity index is 1.81. The number of rotatable bonds is 6. The maximum Gasteiger partial charge on any atom is 0.315 e. The quantitative estimate of drug-likeness (QED) is 0.757. The van der Waals surface area contributed by atoms with Gasteiger partial charge in [-0.05, 0) is 30.6 Å². The summed E-state index contributed by atoms with van der Waals surface area (Å²) in [6.07, 6.45) is 3.26. The van der Waals surface area contributed by atoms with Crippen LogP contribution in [0, 0.1) is 0 Å². The highest BCUT2D eigenvalue weighted by molar-refractivity contribution is 7.99. The van der Waals surface area contributed by atoms with Crippen LogP contribution in [0.15, 0.2) is 30.3 Å². The molecule has 3 N–H and O–H groups in total. The molecule has 1 aliphatic rings. The third-order valence-electron chi connectivity index (χ3n) is 3.81. The van der Waals surface area contributed by atoms with Gasteiger partial charge in [0.2, 0.25) is 0 Å². The first kappa shape index (κ1) is 16.2. The number of hydrogen-bond acceptors (Lipinski definition) is 3. The molecule has 2 rings (SSSR count). The lowest BCUT2D eigenvalue weighted by Crippen LogP contribution is -2.43. The number of urea groups is 1. The van der Waals surface area contributed by atoms with E-state index in [9.17, 15) is 9.90 Å². The molecule has 5 heteroatoms. The standard InChI is InChI=1S/C16H24N2O2S/c1-2-21-14-9-8-13(10-14)17-16(20)18-15(11-19)12-6-4-3-5-7-12/h3-7,13-15,19H,2,8-11H2,1H3,(H2,17,18,20)/t13?,14?,15-/m1/s1. The summed E-state index contributed by atoms with van der Waals surface area (Å²) >= 11 is 1.97. The summed E-state index contributed by atoms with van der Waals surface area (Å²) in [5.41, 5.74) is 0.918. The predicted molar refractivity (Wildman–Crippen MR) is 87.5 cm³/mol. The highest BCUT2D eigenvalue weighted by Crippen LogP contribution is 2.29. The molecule has 1 fully saturated rings. The first-order valence-corrected chi connectivity index (χ1v) is 8.62. The minimum Gasteiger partial charge on any atom is -0.394 e. The molecule has 2 unspecified atom stereocenters. The van der Waals surface area contributed by atoms with E-state index in [0.717, 1.165) is 24.2 Å². The number of carbonyl (C=O) groups excluding carboxylic acids is 1. The Morgan fingerprint density at radius 3 is 2.81 bits per heavy atom. The lowest BCUT2D eigenvalue weighted by Gasteiger charge is -2.19. The second kappa shape index (κ2) is 8.29. The Bertz CT molecular complexity index is 441. The minimum atomic E-state index is -0.353. The number of amides is 2. The van der Waals surface area contributed by atoms with Crippen LogP contribution in [0.1, 0.15) is 37.8 Å². The molecular weight excluding hydrogens is 284 g/mol. The molecule has 4 nitrogen and oxygen atoms in total. The van der Waals surface area contributed by atoms with Gasteiger partial charge in [0.05, 0.1) is 12.6 Å². The summed E-state index contributed by atoms with van der Waals surface area (Å²) in [6.45, 7) is 2.07. The monoisotopic (exact) mass is 308 g/mol. The van der Waals surface area contributed by atoms with Gasteiger partial charge in [-0.1, -0.05) is 37.3 Å². The van der Waals surface area contributed by atoms with Gasteiger partial charge in [-0.3, -0.25) is 0 Å². The lowest BCUT2D eigenvalue weighted by atomic mass is 10.1. The number of benzene rings is 1. The zero-order valence-corrected chi connectivity index (χ0v) is 13.2. The van der Waals surface area contributed by atoms with E-state index in [1.807, 2.05) is 42.1 Å². The van der Waals surface area contributed by atoms with Gasteiger partial charge >= 0.3 is 6.03 Å². The SMILES string of the molecule is CCSC1CCC(NC(=O)N[C@H](CO)c2ccccc2)C1. The maximum absolute atomic E-state index is 12.1. The molecule has 0 heterocycles. The minimum absolute atomic E-state index is 0.101. The molecule has 0 aromatic heterocycles. The summed E-state index contributed by atoms with van der Waals surface area (Å²) in [5.74, 6) is 1.13. The second-order valence-corrected chi connectivity index (χ2v) is 6.93. The number of nitrogens with one attached hydrogen (secondary N) is 2. The molecule has 3 atom stereocenters. The number of aliphatic hydroxyl groups excluding tert-OH is 1. The maximum atomic E-state index is 12.1. The van der Waals surface area contributed by atoms with Crippen molar-refractivity contribution in [3.05, 3.63) is 35.9 Å². The number of carbonyl (C=O) groups is 1. The first-order chi connectivity index (χ1) is 10.2. The smallest absolute Gasteiger partial charge is 0.315 e. The van der Waals surface area contributed by atoms with Gasteiger partial charge in [0.1, 0.15) is 0 Å². The molecule has 0 radical (unpaired) electrons. The molecule has 1 saturated carbocycles. The fourth-order valence-electron chi connectivity index (χ4n) is 2.76. The average molecular weight is 308 g/mol. The van der Waals surface area contributed by atoms with E-state index in [0.29, 0.717) is 5.25 Å². The van der Waals surface area contributed by atoms with E-state index >= 15 is 0 Å². The molecule has 2 amide bonds. The first-order valence-electron chi connectivity index (χ1n) is 7.57. The van der Waals surface area contributed by atoms with Crippen molar-refractivity contribution >= 4 is 17.8 Å². The molecule has 1 aliphatic carbocycles. The zero-order chi connectivity index (χ0) is 15.1. The highest BCUT2D eigenvalue weighted by atomic mass is 32.2. The summed E-state index contributed by atoms with van der Waals surface area (Å²) in [7, 11) is 0. The van der Waals surface area contributed by atoms with Crippen LogP contribution in [0.4, 0.5) is 4.79 Å². The second-order valence-electron chi connectivity index (χ2n) is 5.35. The lowest BCUT2D eigenvalue weighted by molar-refractivity contribution is 0.214. The largest absolute Gasteiger partial charge is 0.394 e. The van der Waals surface area contributed by atoms with E-state index < -0.39 is 0 Å². The van der Waals surface area contributed by atoms with Crippen LogP contribution in [0.2, 0.25) is 0 Å². The molecule has 1 aromatic rings. The van der Waals surface area contributed by atoms with Crippen LogP contribution >= 0.6 is 11.8 Å². The number of aliphatic hydroxyl groups is 1. The fourth-order valence-corrected chi connectivity index (χ4v) is 3.91. The molecule has 0 spiro atoms. The van der Waals surface area contributed by atoms with E-state index in [-0.39, 0.29) is 24.7 Å². The van der Waals surface area contributed by atoms with Crippen LogP contribution in [0.5, 0.6) is 0 Å². The molecule has 116 valence electrons. The van der Waals surface area contributed by atoms with E-state index in [4.69, 9.17) is 0 Å². The summed E-state index contributed by atoms with van der Waals surface area (Å²) in [5, 5.41) is 16.0. The summed E-state index contributed by atoms with van der Waals surface area (Å²) in [6, 6.07) is 9.25. The van der Waals surface area contributed by atoms with E-state index in [1.165, 1.54) is 6.42 Å². The van der Waals surface area contributed by atoms with Crippen LogP contribution < -0.4 is 10.6 Å². The molecule has 0 saturated heterocycles. The van der Waals surface area contributed by atoms with Crippen LogP contribution in [0.3, 0.4) is 0 Å². The normalized spacial score (nSPS) is 22.8. The molecule has 21 heavy (non-hydrogen) atoms. The predicted octanol–water partition coefficient (Wildman–Crippen LogP) is 2.69. The van der Waals surface area contributed by atoms with E-state index in [2.05, 4.69) is 17.6 Å². The topological polar surface area (TPSA) is 61.4 Å². The van der Waals surface area contributed by atoms with Crippen molar-refractivity contribution in [3.8, 4) is 0 Å². The van der Waals surface area contributed by atoms with Gasteiger partial charge in [-0.15, -0.1) is 0 Å². The average Bonchev–Trinajstić information content (AvgIpc) is 2.93. The fraction of sp³-hybridized carbons (Fsp3) is 0.562. The zero-order valence-electron chi connectivity index (χ0n) is 12.4. The molecule has 1 aromatic carbocycles. The third-order valence-corrected chi connectivity index (χ3v) is 5.04. The third kappa shape index (κ3) is 4.93. The van der Waals surface area contributed by atoms with Crippen molar-refractivity contribution in [1.29, 1.82) is 0 Å². The summed E-state index contributed by atoms with van der Waals surface area (Å²) < 4.78 is 0. The van der Waals surface area contributed by atoms with Crippen molar-refractivity contribution in [2.24, 2.45) is 0 Å². The molecule has 0 aliphatic heterocycles. The van der Waals surface area contributed by atoms with Gasteiger partial charge in [0, 0.05) is 11.3 Å². The van der Waals surface area contributed by atoms with Gasteiger partial charge in [0.15, 0.2) is 0 Å². The Morgan fingerprint density at radius 1 is 1.38 bits per heavy atom. The van der Waals surface area contributed by atoms with Gasteiger partial charge in [-0.2, -0.15) is 11.8 Å². The molecule has 0 bridgehead atoms. The van der Waals surface area contributed by atoms with E-state index in [1.54, 1.807) is 0 Å². The Hall–Kier alpha value is -1.20. The van der Waals surface area contributed by atoms with Crippen molar-refractivity contribution in [1.82, 2.24) is 10.6 Å². The van der Waals surface area contributed by atoms with Crippen LogP contribution in [-0.2, 0) is 0 Å².